The van der Waals surface area contributed by atoms with E-state index in [1.165, 1.54) is 25.7 Å². The van der Waals surface area contributed by atoms with Gasteiger partial charge in [-0.3, -0.25) is 0 Å². The molecule has 0 aliphatic heterocycles. The van der Waals surface area contributed by atoms with Gasteiger partial charge in [-0.2, -0.15) is 4.98 Å². The van der Waals surface area contributed by atoms with Gasteiger partial charge in [-0.1, -0.05) is 19.8 Å². The zero-order valence-electron chi connectivity index (χ0n) is 11.9. The number of aryl methyl sites for hydroxylation is 1. The summed E-state index contributed by atoms with van der Waals surface area (Å²) in [6.07, 6.45) is 5.31. The van der Waals surface area contributed by atoms with Gasteiger partial charge in [-0.25, -0.2) is 4.98 Å². The van der Waals surface area contributed by atoms with Crippen LogP contribution in [0.25, 0.3) is 0 Å². The highest BCUT2D eigenvalue weighted by molar-refractivity contribution is 5.45. The second-order valence-electron chi connectivity index (χ2n) is 5.38. The minimum Gasteiger partial charge on any atom is -0.357 e. The van der Waals surface area contributed by atoms with Crippen LogP contribution in [-0.2, 0) is 0 Å². The molecule has 0 amide bonds. The molecule has 1 aromatic heterocycles. The molecule has 2 rings (SSSR count). The molecule has 1 N–H and O–H groups in total. The average molecular weight is 248 g/mol. The van der Waals surface area contributed by atoms with Crippen molar-refractivity contribution >= 4 is 11.8 Å². The number of nitrogens with zero attached hydrogens (tertiary/aromatic N) is 3. The first-order valence-electron chi connectivity index (χ1n) is 6.88. The first-order chi connectivity index (χ1) is 8.61. The Balaban J connectivity index is 2.21. The SMILES string of the molecule is CNc1nc(C)cc(N(C)C2CCCCC2C)n1. The lowest BCUT2D eigenvalue weighted by Gasteiger charge is -2.37. The van der Waals surface area contributed by atoms with Gasteiger partial charge in [0, 0.05) is 31.9 Å². The third kappa shape index (κ3) is 2.74. The molecular weight excluding hydrogens is 224 g/mol. The molecule has 4 heteroatoms. The van der Waals surface area contributed by atoms with Crippen LogP contribution in [0.3, 0.4) is 0 Å². The minimum atomic E-state index is 0.609. The smallest absolute Gasteiger partial charge is 0.224 e. The van der Waals surface area contributed by atoms with Crippen LogP contribution in [0.15, 0.2) is 6.07 Å². The van der Waals surface area contributed by atoms with E-state index in [0.29, 0.717) is 12.0 Å². The van der Waals surface area contributed by atoms with Crippen molar-refractivity contribution in [3.05, 3.63) is 11.8 Å². The summed E-state index contributed by atoms with van der Waals surface area (Å²) in [4.78, 5) is 11.2. The molecule has 1 aliphatic carbocycles. The molecule has 18 heavy (non-hydrogen) atoms. The number of hydrogen-bond donors (Lipinski definition) is 1. The van der Waals surface area contributed by atoms with Gasteiger partial charge in [0.2, 0.25) is 5.95 Å². The van der Waals surface area contributed by atoms with Crippen molar-refractivity contribution in [1.82, 2.24) is 9.97 Å². The van der Waals surface area contributed by atoms with Gasteiger partial charge < -0.3 is 10.2 Å². The Morgan fingerprint density at radius 1 is 1.28 bits per heavy atom. The Morgan fingerprint density at radius 2 is 2.00 bits per heavy atom. The van der Waals surface area contributed by atoms with Crippen molar-refractivity contribution in [1.29, 1.82) is 0 Å². The summed E-state index contributed by atoms with van der Waals surface area (Å²) in [5, 5.41) is 3.03. The molecule has 1 aromatic rings. The van der Waals surface area contributed by atoms with Crippen molar-refractivity contribution in [2.45, 2.75) is 45.6 Å². The summed E-state index contributed by atoms with van der Waals surface area (Å²) in [6, 6.07) is 2.68. The maximum atomic E-state index is 4.57. The molecule has 0 radical (unpaired) electrons. The lowest BCUT2D eigenvalue weighted by atomic mass is 9.85. The van der Waals surface area contributed by atoms with Gasteiger partial charge in [-0.05, 0) is 25.7 Å². The molecular formula is C14H24N4. The Morgan fingerprint density at radius 3 is 2.67 bits per heavy atom. The number of hydrogen-bond acceptors (Lipinski definition) is 4. The molecule has 0 bridgehead atoms. The van der Waals surface area contributed by atoms with Crippen LogP contribution in [0.4, 0.5) is 11.8 Å². The third-order valence-electron chi connectivity index (χ3n) is 3.99. The second kappa shape index (κ2) is 5.55. The van der Waals surface area contributed by atoms with Crippen LogP contribution < -0.4 is 10.2 Å². The fourth-order valence-corrected chi connectivity index (χ4v) is 2.89. The van der Waals surface area contributed by atoms with Crippen LogP contribution >= 0.6 is 0 Å². The van der Waals surface area contributed by atoms with Crippen LogP contribution in [0.1, 0.15) is 38.3 Å². The van der Waals surface area contributed by atoms with Crippen molar-refractivity contribution in [2.24, 2.45) is 5.92 Å². The largest absolute Gasteiger partial charge is 0.357 e. The third-order valence-corrected chi connectivity index (χ3v) is 3.99. The lowest BCUT2D eigenvalue weighted by Crippen LogP contribution is -2.39. The van der Waals surface area contributed by atoms with E-state index in [9.17, 15) is 0 Å². The van der Waals surface area contributed by atoms with E-state index >= 15 is 0 Å². The summed E-state index contributed by atoms with van der Waals surface area (Å²) in [5.74, 6) is 2.49. The van der Waals surface area contributed by atoms with E-state index in [-0.39, 0.29) is 0 Å². The van der Waals surface area contributed by atoms with Gasteiger partial charge >= 0.3 is 0 Å². The molecule has 1 heterocycles. The predicted octanol–water partition coefficient (Wildman–Crippen LogP) is 2.84. The van der Waals surface area contributed by atoms with Gasteiger partial charge in [0.05, 0.1) is 0 Å². The summed E-state index contributed by atoms with van der Waals surface area (Å²) < 4.78 is 0. The highest BCUT2D eigenvalue weighted by Gasteiger charge is 2.26. The highest BCUT2D eigenvalue weighted by atomic mass is 15.2. The molecule has 1 saturated carbocycles. The first-order valence-corrected chi connectivity index (χ1v) is 6.88. The van der Waals surface area contributed by atoms with E-state index in [4.69, 9.17) is 0 Å². The molecule has 2 atom stereocenters. The molecule has 1 aliphatic rings. The van der Waals surface area contributed by atoms with Crippen molar-refractivity contribution < 1.29 is 0 Å². The maximum absolute atomic E-state index is 4.57. The Kier molecular flexibility index (Phi) is 4.04. The molecule has 0 aromatic carbocycles. The van der Waals surface area contributed by atoms with E-state index in [0.717, 1.165) is 17.4 Å². The Bertz CT molecular complexity index is 405. The van der Waals surface area contributed by atoms with Crippen LogP contribution in [0.2, 0.25) is 0 Å². The van der Waals surface area contributed by atoms with E-state index in [1.807, 2.05) is 14.0 Å². The molecule has 4 nitrogen and oxygen atoms in total. The molecule has 0 spiro atoms. The summed E-state index contributed by atoms with van der Waals surface area (Å²) in [6.45, 7) is 4.37. The second-order valence-corrected chi connectivity index (χ2v) is 5.38. The topological polar surface area (TPSA) is 41.1 Å². The van der Waals surface area contributed by atoms with Crippen LogP contribution in [0, 0.1) is 12.8 Å². The van der Waals surface area contributed by atoms with Crippen LogP contribution in [0.5, 0.6) is 0 Å². The summed E-state index contributed by atoms with van der Waals surface area (Å²) in [7, 11) is 4.02. The van der Waals surface area contributed by atoms with E-state index < -0.39 is 0 Å². The number of aromatic nitrogens is 2. The minimum absolute atomic E-state index is 0.609. The summed E-state index contributed by atoms with van der Waals surface area (Å²) >= 11 is 0. The fraction of sp³-hybridized carbons (Fsp3) is 0.714. The maximum Gasteiger partial charge on any atom is 0.224 e. The number of nitrogens with one attached hydrogen (secondary N) is 1. The Labute approximate surface area is 110 Å². The van der Waals surface area contributed by atoms with Crippen LogP contribution in [-0.4, -0.2) is 30.1 Å². The van der Waals surface area contributed by atoms with E-state index in [1.54, 1.807) is 0 Å². The molecule has 100 valence electrons. The quantitative estimate of drug-likeness (QED) is 0.893. The lowest BCUT2D eigenvalue weighted by molar-refractivity contribution is 0.320. The number of rotatable bonds is 3. The normalized spacial score (nSPS) is 23.8. The van der Waals surface area contributed by atoms with E-state index in [2.05, 4.69) is 40.2 Å². The zero-order valence-corrected chi connectivity index (χ0v) is 11.9. The standard InChI is InChI=1S/C14H24N4/c1-10-7-5-6-8-12(10)18(4)13-9-11(2)16-14(15-3)17-13/h9-10,12H,5-8H2,1-4H3,(H,15,16,17). The highest BCUT2D eigenvalue weighted by Crippen LogP contribution is 2.30. The van der Waals surface area contributed by atoms with Gasteiger partial charge in [0.25, 0.3) is 0 Å². The Hall–Kier alpha value is -1.32. The van der Waals surface area contributed by atoms with Crippen molar-refractivity contribution in [3.8, 4) is 0 Å². The molecule has 0 saturated heterocycles. The first kappa shape index (κ1) is 13.1. The van der Waals surface area contributed by atoms with Crippen molar-refractivity contribution in [3.63, 3.8) is 0 Å². The number of anilines is 2. The molecule has 2 unspecified atom stereocenters. The fourth-order valence-electron chi connectivity index (χ4n) is 2.89. The molecule has 1 fully saturated rings. The van der Waals surface area contributed by atoms with Gasteiger partial charge in [0.1, 0.15) is 5.82 Å². The van der Waals surface area contributed by atoms with Gasteiger partial charge in [-0.15, -0.1) is 0 Å². The monoisotopic (exact) mass is 248 g/mol. The van der Waals surface area contributed by atoms with Crippen molar-refractivity contribution in [2.75, 3.05) is 24.3 Å². The van der Waals surface area contributed by atoms with Gasteiger partial charge in [0.15, 0.2) is 0 Å². The zero-order chi connectivity index (χ0) is 13.1. The summed E-state index contributed by atoms with van der Waals surface area (Å²) in [5.41, 5.74) is 1.01. The predicted molar refractivity (Wildman–Crippen MR) is 76.1 cm³/mol. The average Bonchev–Trinajstić information content (AvgIpc) is 2.37.